The van der Waals surface area contributed by atoms with Gasteiger partial charge < -0.3 is 10.2 Å². The second-order valence-corrected chi connectivity index (χ2v) is 11.1. The standard InChI is InChI=1S/C25H34ClN3O2/c26-22-3-1-18(2-4-22)17-28-5-7-29(8-6-28)24(31)16-27-23(30)15-25-12-19-9-20(13-25)11-21(10-19)14-25/h1-4,19-21H,5-17H2,(H,27,30). The number of benzene rings is 1. The highest BCUT2D eigenvalue weighted by Crippen LogP contribution is 2.61. The van der Waals surface area contributed by atoms with Gasteiger partial charge in [-0.3, -0.25) is 14.5 Å². The number of hydrogen-bond donors (Lipinski definition) is 1. The first kappa shape index (κ1) is 21.3. The molecule has 5 aliphatic rings. The topological polar surface area (TPSA) is 52.7 Å². The van der Waals surface area contributed by atoms with E-state index in [4.69, 9.17) is 11.6 Å². The first-order chi connectivity index (χ1) is 15.0. The van der Waals surface area contributed by atoms with Crippen LogP contribution < -0.4 is 5.32 Å². The van der Waals surface area contributed by atoms with Crippen LogP contribution in [-0.4, -0.2) is 54.3 Å². The van der Waals surface area contributed by atoms with E-state index in [-0.39, 0.29) is 23.8 Å². The quantitative estimate of drug-likeness (QED) is 0.729. The molecule has 1 saturated heterocycles. The van der Waals surface area contributed by atoms with Crippen LogP contribution in [0.25, 0.3) is 0 Å². The molecule has 0 atom stereocenters. The van der Waals surface area contributed by atoms with Gasteiger partial charge in [-0.15, -0.1) is 0 Å². The Kier molecular flexibility index (Phi) is 6.00. The lowest BCUT2D eigenvalue weighted by atomic mass is 9.49. The van der Waals surface area contributed by atoms with Crippen molar-refractivity contribution in [2.24, 2.45) is 23.2 Å². The fourth-order valence-electron chi connectivity index (χ4n) is 7.20. The van der Waals surface area contributed by atoms with Gasteiger partial charge in [0.05, 0.1) is 6.54 Å². The van der Waals surface area contributed by atoms with Crippen LogP contribution in [0.5, 0.6) is 0 Å². The van der Waals surface area contributed by atoms with Gasteiger partial charge in [0.1, 0.15) is 0 Å². The van der Waals surface area contributed by atoms with Crippen molar-refractivity contribution in [2.45, 2.75) is 51.5 Å². The predicted octanol–water partition coefficient (Wildman–Crippen LogP) is 3.71. The Bertz CT molecular complexity index is 781. The molecular formula is C25H34ClN3O2. The van der Waals surface area contributed by atoms with Gasteiger partial charge in [-0.05, 0) is 79.4 Å². The van der Waals surface area contributed by atoms with Gasteiger partial charge in [0.2, 0.25) is 11.8 Å². The molecule has 4 saturated carbocycles. The zero-order chi connectivity index (χ0) is 21.4. The van der Waals surface area contributed by atoms with Gasteiger partial charge in [0, 0.05) is 44.2 Å². The maximum atomic E-state index is 12.7. The minimum Gasteiger partial charge on any atom is -0.347 e. The number of halogens is 1. The van der Waals surface area contributed by atoms with E-state index in [1.807, 2.05) is 17.0 Å². The van der Waals surface area contributed by atoms with E-state index in [0.29, 0.717) is 6.42 Å². The summed E-state index contributed by atoms with van der Waals surface area (Å²) in [7, 11) is 0. The zero-order valence-corrected chi connectivity index (χ0v) is 19.1. The summed E-state index contributed by atoms with van der Waals surface area (Å²) in [5.41, 5.74) is 1.47. The molecule has 5 fully saturated rings. The van der Waals surface area contributed by atoms with E-state index in [9.17, 15) is 9.59 Å². The molecule has 1 aromatic carbocycles. The number of carbonyl (C=O) groups excluding carboxylic acids is 2. The highest BCUT2D eigenvalue weighted by molar-refractivity contribution is 6.30. The van der Waals surface area contributed by atoms with E-state index in [2.05, 4.69) is 22.3 Å². The number of amides is 2. The van der Waals surface area contributed by atoms with Crippen molar-refractivity contribution in [3.8, 4) is 0 Å². The molecule has 0 radical (unpaired) electrons. The highest BCUT2D eigenvalue weighted by Gasteiger charge is 2.51. The van der Waals surface area contributed by atoms with E-state index in [0.717, 1.165) is 55.5 Å². The summed E-state index contributed by atoms with van der Waals surface area (Å²) in [6, 6.07) is 7.95. The fourth-order valence-corrected chi connectivity index (χ4v) is 7.32. The molecule has 31 heavy (non-hydrogen) atoms. The van der Waals surface area contributed by atoms with Gasteiger partial charge in [-0.25, -0.2) is 0 Å². The molecule has 5 nitrogen and oxygen atoms in total. The third-order valence-corrected chi connectivity index (χ3v) is 8.43. The highest BCUT2D eigenvalue weighted by atomic mass is 35.5. The lowest BCUT2D eigenvalue weighted by Crippen LogP contribution is -2.51. The molecule has 4 bridgehead atoms. The van der Waals surface area contributed by atoms with Crippen molar-refractivity contribution in [3.05, 3.63) is 34.9 Å². The molecule has 1 N–H and O–H groups in total. The normalized spacial score (nSPS) is 32.3. The van der Waals surface area contributed by atoms with Gasteiger partial charge >= 0.3 is 0 Å². The Morgan fingerprint density at radius 3 is 2.10 bits per heavy atom. The first-order valence-electron chi connectivity index (χ1n) is 12.0. The SMILES string of the molecule is O=C(CC12CC3CC(CC(C3)C1)C2)NCC(=O)N1CCN(Cc2ccc(Cl)cc2)CC1. The lowest BCUT2D eigenvalue weighted by Gasteiger charge is -2.56. The van der Waals surface area contributed by atoms with Crippen LogP contribution in [0.3, 0.4) is 0 Å². The zero-order valence-electron chi connectivity index (χ0n) is 18.3. The van der Waals surface area contributed by atoms with Crippen LogP contribution in [-0.2, 0) is 16.1 Å². The number of hydrogen-bond acceptors (Lipinski definition) is 3. The fraction of sp³-hybridized carbons (Fsp3) is 0.680. The van der Waals surface area contributed by atoms with Crippen molar-refractivity contribution >= 4 is 23.4 Å². The van der Waals surface area contributed by atoms with Crippen LogP contribution in [0.15, 0.2) is 24.3 Å². The van der Waals surface area contributed by atoms with Crippen LogP contribution in [0.4, 0.5) is 0 Å². The number of piperazine rings is 1. The van der Waals surface area contributed by atoms with Crippen LogP contribution >= 0.6 is 11.6 Å². The van der Waals surface area contributed by atoms with Crippen LogP contribution in [0, 0.1) is 23.2 Å². The number of nitrogens with one attached hydrogen (secondary N) is 1. The van der Waals surface area contributed by atoms with Crippen LogP contribution in [0.2, 0.25) is 5.02 Å². The maximum Gasteiger partial charge on any atom is 0.242 e. The molecule has 6 heteroatoms. The van der Waals surface area contributed by atoms with Crippen molar-refractivity contribution in [3.63, 3.8) is 0 Å². The minimum atomic E-state index is 0.0463. The smallest absolute Gasteiger partial charge is 0.242 e. The van der Waals surface area contributed by atoms with Crippen LogP contribution in [0.1, 0.15) is 50.5 Å². The third-order valence-electron chi connectivity index (χ3n) is 8.18. The third kappa shape index (κ3) is 4.93. The summed E-state index contributed by atoms with van der Waals surface area (Å²) in [5.74, 6) is 2.68. The Labute approximate surface area is 190 Å². The number of carbonyl (C=O) groups is 2. The summed E-state index contributed by atoms with van der Waals surface area (Å²) >= 11 is 5.96. The van der Waals surface area contributed by atoms with Crippen molar-refractivity contribution in [1.29, 1.82) is 0 Å². The van der Waals surface area contributed by atoms with Gasteiger partial charge in [0.25, 0.3) is 0 Å². The summed E-state index contributed by atoms with van der Waals surface area (Å²) in [6.45, 7) is 4.17. The van der Waals surface area contributed by atoms with Gasteiger partial charge in [0.15, 0.2) is 0 Å². The molecule has 1 aliphatic heterocycles. The van der Waals surface area contributed by atoms with Gasteiger partial charge in [-0.1, -0.05) is 23.7 Å². The maximum absolute atomic E-state index is 12.7. The molecule has 168 valence electrons. The minimum absolute atomic E-state index is 0.0463. The second-order valence-electron chi connectivity index (χ2n) is 10.7. The number of rotatable bonds is 6. The molecule has 0 aromatic heterocycles. The molecule has 0 spiro atoms. The molecular weight excluding hydrogens is 410 g/mol. The summed E-state index contributed by atoms with van der Waals surface area (Å²) in [4.78, 5) is 29.6. The second kappa shape index (κ2) is 8.74. The average molecular weight is 444 g/mol. The average Bonchev–Trinajstić information content (AvgIpc) is 2.73. The summed E-state index contributed by atoms with van der Waals surface area (Å²) < 4.78 is 0. The Morgan fingerprint density at radius 1 is 0.935 bits per heavy atom. The Hall–Kier alpha value is -1.59. The van der Waals surface area contributed by atoms with Crippen molar-refractivity contribution in [1.82, 2.24) is 15.1 Å². The number of nitrogens with zero attached hydrogens (tertiary/aromatic N) is 2. The molecule has 2 amide bonds. The molecule has 1 aromatic rings. The summed E-state index contributed by atoms with van der Waals surface area (Å²) in [5, 5.41) is 3.71. The Balaban J connectivity index is 1.04. The molecule has 1 heterocycles. The lowest BCUT2D eigenvalue weighted by molar-refractivity contribution is -0.136. The van der Waals surface area contributed by atoms with Crippen molar-refractivity contribution < 1.29 is 9.59 Å². The van der Waals surface area contributed by atoms with E-state index >= 15 is 0 Å². The predicted molar refractivity (Wildman–Crippen MR) is 122 cm³/mol. The first-order valence-corrected chi connectivity index (χ1v) is 12.4. The monoisotopic (exact) mass is 443 g/mol. The van der Waals surface area contributed by atoms with Crippen molar-refractivity contribution in [2.75, 3.05) is 32.7 Å². The molecule has 0 unspecified atom stereocenters. The Morgan fingerprint density at radius 2 is 1.52 bits per heavy atom. The molecule has 4 aliphatic carbocycles. The van der Waals surface area contributed by atoms with E-state index < -0.39 is 0 Å². The van der Waals surface area contributed by atoms with Gasteiger partial charge in [-0.2, -0.15) is 0 Å². The van der Waals surface area contributed by atoms with E-state index in [1.165, 1.54) is 44.1 Å². The largest absolute Gasteiger partial charge is 0.347 e. The molecule has 6 rings (SSSR count). The van der Waals surface area contributed by atoms with E-state index in [1.54, 1.807) is 0 Å². The summed E-state index contributed by atoms with van der Waals surface area (Å²) in [6.07, 6.45) is 8.50.